The van der Waals surface area contributed by atoms with E-state index < -0.39 is 0 Å². The molecule has 0 saturated heterocycles. The minimum absolute atomic E-state index is 0. The van der Waals surface area contributed by atoms with Gasteiger partial charge in [0.25, 0.3) is 0 Å². The molecule has 0 aliphatic heterocycles. The highest BCUT2D eigenvalue weighted by atomic mass is 35.5. The number of fused-ring (bicyclic) bond motifs is 1. The van der Waals surface area contributed by atoms with Gasteiger partial charge in [-0.15, -0.1) is 12.4 Å². The number of benzene rings is 1. The van der Waals surface area contributed by atoms with Crippen LogP contribution in [0, 0.1) is 12.8 Å². The van der Waals surface area contributed by atoms with Gasteiger partial charge in [0, 0.05) is 24.2 Å². The van der Waals surface area contributed by atoms with Gasteiger partial charge in [-0.2, -0.15) is 0 Å². The highest BCUT2D eigenvalue weighted by Crippen LogP contribution is 2.29. The van der Waals surface area contributed by atoms with Crippen LogP contribution in [0.5, 0.6) is 5.75 Å². The SMILES string of the molecule is COc1cc(NCCCCCCNCC(C)C)c2nccc(C)c2c1.Cl. The maximum atomic E-state index is 5.44. The van der Waals surface area contributed by atoms with Crippen LogP contribution in [0.15, 0.2) is 24.4 Å². The van der Waals surface area contributed by atoms with E-state index in [1.165, 1.54) is 31.2 Å². The first-order valence-corrected chi connectivity index (χ1v) is 9.49. The highest BCUT2D eigenvalue weighted by molar-refractivity contribution is 5.93. The number of aromatic nitrogens is 1. The molecule has 0 unspecified atom stereocenters. The largest absolute Gasteiger partial charge is 0.497 e. The fourth-order valence-corrected chi connectivity index (χ4v) is 2.96. The van der Waals surface area contributed by atoms with Gasteiger partial charge in [-0.05, 0) is 56.5 Å². The van der Waals surface area contributed by atoms with Gasteiger partial charge in [-0.1, -0.05) is 26.7 Å². The van der Waals surface area contributed by atoms with Gasteiger partial charge in [0.1, 0.15) is 5.75 Å². The monoisotopic (exact) mass is 379 g/mol. The molecule has 26 heavy (non-hydrogen) atoms. The Labute approximate surface area is 164 Å². The molecule has 2 N–H and O–H groups in total. The van der Waals surface area contributed by atoms with Crippen LogP contribution in [-0.2, 0) is 0 Å². The lowest BCUT2D eigenvalue weighted by molar-refractivity contribution is 0.415. The summed E-state index contributed by atoms with van der Waals surface area (Å²) in [5, 5.41) is 8.20. The number of nitrogens with zero attached hydrogens (tertiary/aromatic N) is 1. The van der Waals surface area contributed by atoms with E-state index >= 15 is 0 Å². The quantitative estimate of drug-likeness (QED) is 0.527. The summed E-state index contributed by atoms with van der Waals surface area (Å²) in [5.74, 6) is 1.61. The molecule has 0 atom stereocenters. The van der Waals surface area contributed by atoms with E-state index in [4.69, 9.17) is 4.74 Å². The van der Waals surface area contributed by atoms with Gasteiger partial charge in [-0.25, -0.2) is 0 Å². The normalized spacial score (nSPS) is 10.8. The van der Waals surface area contributed by atoms with Crippen molar-refractivity contribution in [1.82, 2.24) is 10.3 Å². The van der Waals surface area contributed by atoms with E-state index in [1.807, 2.05) is 18.3 Å². The maximum absolute atomic E-state index is 5.44. The van der Waals surface area contributed by atoms with Crippen molar-refractivity contribution in [2.45, 2.75) is 46.5 Å². The number of hydrogen-bond donors (Lipinski definition) is 2. The van der Waals surface area contributed by atoms with Gasteiger partial charge in [0.15, 0.2) is 0 Å². The lowest BCUT2D eigenvalue weighted by atomic mass is 10.1. The van der Waals surface area contributed by atoms with Crippen LogP contribution in [0.2, 0.25) is 0 Å². The van der Waals surface area contributed by atoms with Crippen molar-refractivity contribution in [3.8, 4) is 5.75 Å². The summed E-state index contributed by atoms with van der Waals surface area (Å²) in [6.45, 7) is 9.83. The molecule has 0 bridgehead atoms. The number of hydrogen-bond acceptors (Lipinski definition) is 4. The third kappa shape index (κ3) is 7.00. The van der Waals surface area contributed by atoms with Gasteiger partial charge >= 0.3 is 0 Å². The first kappa shape index (κ1) is 22.5. The molecule has 0 radical (unpaired) electrons. The molecule has 0 fully saturated rings. The smallest absolute Gasteiger partial charge is 0.121 e. The first-order chi connectivity index (χ1) is 12.1. The number of rotatable bonds is 11. The average Bonchev–Trinajstić information content (AvgIpc) is 2.60. The zero-order valence-corrected chi connectivity index (χ0v) is 17.4. The molecule has 0 aliphatic carbocycles. The van der Waals surface area contributed by atoms with Gasteiger partial charge < -0.3 is 15.4 Å². The second-order valence-electron chi connectivity index (χ2n) is 7.14. The van der Waals surface area contributed by atoms with Gasteiger partial charge in [0.2, 0.25) is 0 Å². The van der Waals surface area contributed by atoms with Crippen LogP contribution in [0.4, 0.5) is 5.69 Å². The van der Waals surface area contributed by atoms with E-state index in [-0.39, 0.29) is 12.4 Å². The van der Waals surface area contributed by atoms with Crippen molar-refractivity contribution in [2.75, 3.05) is 32.1 Å². The minimum Gasteiger partial charge on any atom is -0.497 e. The van der Waals surface area contributed by atoms with Gasteiger partial charge in [0.05, 0.1) is 18.3 Å². The van der Waals surface area contributed by atoms with Crippen LogP contribution in [-0.4, -0.2) is 31.7 Å². The van der Waals surface area contributed by atoms with E-state index in [1.54, 1.807) is 7.11 Å². The molecule has 0 amide bonds. The standard InChI is InChI=1S/C21H33N3O.ClH/c1-16(2)15-22-10-7-5-6-8-11-23-20-14-18(25-4)13-19-17(3)9-12-24-21(19)20;/h9,12-14,16,22-23H,5-8,10-11,15H2,1-4H3;1H. The summed E-state index contributed by atoms with van der Waals surface area (Å²) in [6.07, 6.45) is 6.84. The summed E-state index contributed by atoms with van der Waals surface area (Å²) >= 11 is 0. The second-order valence-corrected chi connectivity index (χ2v) is 7.14. The molecular formula is C21H34ClN3O. The summed E-state index contributed by atoms with van der Waals surface area (Å²) in [7, 11) is 1.71. The lowest BCUT2D eigenvalue weighted by Crippen LogP contribution is -2.20. The van der Waals surface area contributed by atoms with Crippen molar-refractivity contribution in [2.24, 2.45) is 5.92 Å². The summed E-state index contributed by atoms with van der Waals surface area (Å²) in [6, 6.07) is 6.15. The number of pyridine rings is 1. The number of ether oxygens (including phenoxy) is 1. The molecule has 0 spiro atoms. The van der Waals surface area contributed by atoms with Crippen LogP contribution in [0.1, 0.15) is 45.1 Å². The van der Waals surface area contributed by atoms with Gasteiger partial charge in [-0.3, -0.25) is 4.98 Å². The fraction of sp³-hybridized carbons (Fsp3) is 0.571. The van der Waals surface area contributed by atoms with Crippen LogP contribution in [0.25, 0.3) is 10.9 Å². The summed E-state index contributed by atoms with van der Waals surface area (Å²) in [4.78, 5) is 4.55. The predicted octanol–water partition coefficient (Wildman–Crippen LogP) is 5.19. The molecule has 2 aromatic rings. The van der Waals surface area contributed by atoms with E-state index in [0.29, 0.717) is 0 Å². The maximum Gasteiger partial charge on any atom is 0.121 e. The zero-order chi connectivity index (χ0) is 18.1. The third-order valence-electron chi connectivity index (χ3n) is 4.42. The van der Waals surface area contributed by atoms with E-state index in [0.717, 1.165) is 47.9 Å². The predicted molar refractivity (Wildman–Crippen MR) is 115 cm³/mol. The van der Waals surface area contributed by atoms with E-state index in [2.05, 4.69) is 42.5 Å². The summed E-state index contributed by atoms with van der Waals surface area (Å²) < 4.78 is 5.44. The molecule has 1 heterocycles. The Morgan fingerprint density at radius 2 is 1.81 bits per heavy atom. The molecule has 146 valence electrons. The number of anilines is 1. The Kier molecular flexibility index (Phi) is 10.4. The highest BCUT2D eigenvalue weighted by Gasteiger charge is 2.07. The number of halogens is 1. The Bertz CT molecular complexity index is 661. The third-order valence-corrected chi connectivity index (χ3v) is 4.42. The first-order valence-electron chi connectivity index (χ1n) is 9.49. The Morgan fingerprint density at radius 1 is 1.08 bits per heavy atom. The number of nitrogens with one attached hydrogen (secondary N) is 2. The molecule has 0 saturated carbocycles. The summed E-state index contributed by atoms with van der Waals surface area (Å²) in [5.41, 5.74) is 3.32. The van der Waals surface area contributed by atoms with Crippen molar-refractivity contribution < 1.29 is 4.74 Å². The van der Waals surface area contributed by atoms with Crippen molar-refractivity contribution in [3.05, 3.63) is 30.0 Å². The molecule has 5 heteroatoms. The number of methoxy groups -OCH3 is 1. The Balaban J connectivity index is 0.00000338. The van der Waals surface area contributed by atoms with Crippen molar-refractivity contribution >= 4 is 29.0 Å². The molecule has 2 rings (SSSR count). The number of aryl methyl sites for hydroxylation is 1. The Morgan fingerprint density at radius 3 is 2.50 bits per heavy atom. The topological polar surface area (TPSA) is 46.2 Å². The molecule has 0 aliphatic rings. The van der Waals surface area contributed by atoms with E-state index in [9.17, 15) is 0 Å². The average molecular weight is 380 g/mol. The molecular weight excluding hydrogens is 346 g/mol. The van der Waals surface area contributed by atoms with Crippen LogP contribution < -0.4 is 15.4 Å². The second kappa shape index (κ2) is 12.0. The molecule has 4 nitrogen and oxygen atoms in total. The minimum atomic E-state index is 0. The molecule has 1 aromatic carbocycles. The van der Waals surface area contributed by atoms with Crippen molar-refractivity contribution in [1.29, 1.82) is 0 Å². The fourth-order valence-electron chi connectivity index (χ4n) is 2.96. The van der Waals surface area contributed by atoms with Crippen molar-refractivity contribution in [3.63, 3.8) is 0 Å². The number of unbranched alkanes of at least 4 members (excludes halogenated alkanes) is 3. The lowest BCUT2D eigenvalue weighted by Gasteiger charge is -2.12. The van der Waals surface area contributed by atoms with Crippen LogP contribution >= 0.6 is 12.4 Å². The van der Waals surface area contributed by atoms with Crippen LogP contribution in [0.3, 0.4) is 0 Å². The zero-order valence-electron chi connectivity index (χ0n) is 16.6. The Hall–Kier alpha value is -1.52. The molecule has 1 aromatic heterocycles.